The van der Waals surface area contributed by atoms with Gasteiger partial charge in [-0.3, -0.25) is 9.59 Å². The van der Waals surface area contributed by atoms with Gasteiger partial charge >= 0.3 is 0 Å². The summed E-state index contributed by atoms with van der Waals surface area (Å²) in [4.78, 5) is 25.3. The summed E-state index contributed by atoms with van der Waals surface area (Å²) in [5.74, 6) is -0.0635. The number of anilines is 1. The van der Waals surface area contributed by atoms with Crippen LogP contribution in [0.15, 0.2) is 47.4 Å². The zero-order valence-electron chi connectivity index (χ0n) is 11.7. The summed E-state index contributed by atoms with van der Waals surface area (Å²) in [6, 6.07) is 9.52. The molecule has 0 spiro atoms. The first-order valence-corrected chi connectivity index (χ1v) is 6.43. The van der Waals surface area contributed by atoms with E-state index in [1.54, 1.807) is 25.2 Å². The van der Waals surface area contributed by atoms with Gasteiger partial charge in [0.2, 0.25) is 5.91 Å². The molecule has 0 saturated heterocycles. The Balaban J connectivity index is 2.06. The van der Waals surface area contributed by atoms with Gasteiger partial charge in [-0.2, -0.15) is 0 Å². The summed E-state index contributed by atoms with van der Waals surface area (Å²) in [5, 5.41) is 9.40. The molecule has 0 saturated carbocycles. The van der Waals surface area contributed by atoms with Gasteiger partial charge in [-0.25, -0.2) is 0 Å². The highest BCUT2D eigenvalue weighted by molar-refractivity contribution is 5.75. The smallest absolute Gasteiger partial charge is 0.251 e. The van der Waals surface area contributed by atoms with E-state index in [4.69, 9.17) is 5.73 Å². The van der Waals surface area contributed by atoms with Crippen LogP contribution in [0.1, 0.15) is 5.56 Å². The number of phenols is 1. The van der Waals surface area contributed by atoms with Crippen molar-refractivity contribution in [3.8, 4) is 5.75 Å². The lowest BCUT2D eigenvalue weighted by molar-refractivity contribution is -0.131. The van der Waals surface area contributed by atoms with Crippen molar-refractivity contribution in [3.63, 3.8) is 0 Å². The molecule has 0 aliphatic carbocycles. The van der Waals surface area contributed by atoms with E-state index in [1.165, 1.54) is 27.8 Å². The molecule has 0 radical (unpaired) electrons. The molecule has 0 aliphatic rings. The lowest BCUT2D eigenvalue weighted by atomic mass is 10.2. The molecular formula is C15H17N3O3. The molecule has 0 aliphatic heterocycles. The molecule has 110 valence electrons. The standard InChI is InChI=1S/C15H17N3O3/c1-17(8-11-3-2-4-13(19)7-11)15(21)10-18-9-12(16)5-6-14(18)20/h2-7,9,19H,8,10,16H2,1H3. The quantitative estimate of drug-likeness (QED) is 0.870. The number of phenolic OH excluding ortho intramolecular Hbond substituents is 1. The monoisotopic (exact) mass is 287 g/mol. The normalized spacial score (nSPS) is 10.3. The Hall–Kier alpha value is -2.76. The minimum atomic E-state index is -0.275. The van der Waals surface area contributed by atoms with Crippen molar-refractivity contribution in [3.05, 3.63) is 58.5 Å². The number of hydrogen-bond donors (Lipinski definition) is 2. The fraction of sp³-hybridized carbons (Fsp3) is 0.200. The fourth-order valence-electron chi connectivity index (χ4n) is 1.96. The molecule has 1 heterocycles. The number of aromatic nitrogens is 1. The zero-order chi connectivity index (χ0) is 15.4. The lowest BCUT2D eigenvalue weighted by Gasteiger charge is -2.18. The number of likely N-dealkylation sites (N-methyl/N-ethyl adjacent to an activating group) is 1. The van der Waals surface area contributed by atoms with Crippen molar-refractivity contribution >= 4 is 11.6 Å². The Kier molecular flexibility index (Phi) is 4.27. The number of hydrogen-bond acceptors (Lipinski definition) is 4. The number of amides is 1. The van der Waals surface area contributed by atoms with E-state index in [1.807, 2.05) is 6.07 Å². The number of benzene rings is 1. The van der Waals surface area contributed by atoms with Gasteiger partial charge in [0.05, 0.1) is 0 Å². The summed E-state index contributed by atoms with van der Waals surface area (Å²) in [6.45, 7) is 0.281. The first-order valence-electron chi connectivity index (χ1n) is 6.43. The number of carbonyl (C=O) groups excluding carboxylic acids is 1. The third-order valence-corrected chi connectivity index (χ3v) is 3.07. The van der Waals surface area contributed by atoms with Crippen molar-refractivity contribution in [1.29, 1.82) is 0 Å². The predicted octanol–water partition coefficient (Wildman–Crippen LogP) is 0.795. The van der Waals surface area contributed by atoms with Crippen molar-refractivity contribution in [1.82, 2.24) is 9.47 Å². The molecule has 0 fully saturated rings. The Morgan fingerprint density at radius 2 is 2.10 bits per heavy atom. The number of pyridine rings is 1. The van der Waals surface area contributed by atoms with Crippen LogP contribution in [0, 0.1) is 0 Å². The highest BCUT2D eigenvalue weighted by Crippen LogP contribution is 2.12. The summed E-state index contributed by atoms with van der Waals surface area (Å²) < 4.78 is 1.27. The van der Waals surface area contributed by atoms with Crippen LogP contribution in [0.5, 0.6) is 5.75 Å². The molecule has 3 N–H and O–H groups in total. The van der Waals surface area contributed by atoms with E-state index in [0.29, 0.717) is 12.2 Å². The van der Waals surface area contributed by atoms with E-state index >= 15 is 0 Å². The first-order chi connectivity index (χ1) is 9.95. The molecule has 1 aromatic heterocycles. The summed E-state index contributed by atoms with van der Waals surface area (Å²) >= 11 is 0. The number of aromatic hydroxyl groups is 1. The topological polar surface area (TPSA) is 88.6 Å². The molecule has 2 aromatic rings. The molecule has 0 unspecified atom stereocenters. The Labute approximate surface area is 122 Å². The Bertz CT molecular complexity index is 709. The summed E-state index contributed by atoms with van der Waals surface area (Å²) in [5.41, 5.74) is 6.57. The second kappa shape index (κ2) is 6.13. The van der Waals surface area contributed by atoms with E-state index in [0.717, 1.165) is 5.56 Å². The fourth-order valence-corrected chi connectivity index (χ4v) is 1.96. The van der Waals surface area contributed by atoms with E-state index < -0.39 is 0 Å². The van der Waals surface area contributed by atoms with Gasteiger partial charge in [0.1, 0.15) is 12.3 Å². The minimum Gasteiger partial charge on any atom is -0.508 e. The maximum absolute atomic E-state index is 12.1. The summed E-state index contributed by atoms with van der Waals surface area (Å²) in [7, 11) is 1.64. The predicted molar refractivity (Wildman–Crippen MR) is 79.7 cm³/mol. The molecule has 1 amide bonds. The van der Waals surface area contributed by atoms with E-state index in [9.17, 15) is 14.7 Å². The number of nitrogens with zero attached hydrogens (tertiary/aromatic N) is 2. The molecular weight excluding hydrogens is 270 g/mol. The van der Waals surface area contributed by atoms with Crippen LogP contribution < -0.4 is 11.3 Å². The highest BCUT2D eigenvalue weighted by Gasteiger charge is 2.11. The van der Waals surface area contributed by atoms with Gasteiger partial charge < -0.3 is 20.3 Å². The van der Waals surface area contributed by atoms with E-state index in [2.05, 4.69) is 0 Å². The minimum absolute atomic E-state index is 0.0702. The van der Waals surface area contributed by atoms with Gasteiger partial charge in [0.25, 0.3) is 5.56 Å². The average Bonchev–Trinajstić information content (AvgIpc) is 2.43. The van der Waals surface area contributed by atoms with Crippen LogP contribution in [0.25, 0.3) is 0 Å². The number of nitrogen functional groups attached to an aromatic ring is 1. The molecule has 6 nitrogen and oxygen atoms in total. The van der Waals surface area contributed by atoms with Crippen LogP contribution in [0.2, 0.25) is 0 Å². The van der Waals surface area contributed by atoms with Crippen LogP contribution in [-0.4, -0.2) is 27.5 Å². The molecule has 0 bridgehead atoms. The molecule has 6 heteroatoms. The largest absolute Gasteiger partial charge is 0.508 e. The number of rotatable bonds is 4. The van der Waals surface area contributed by atoms with Gasteiger partial charge in [-0.05, 0) is 23.8 Å². The van der Waals surface area contributed by atoms with Crippen molar-refractivity contribution < 1.29 is 9.90 Å². The van der Waals surface area contributed by atoms with Gasteiger partial charge in [-0.15, -0.1) is 0 Å². The molecule has 0 atom stereocenters. The maximum atomic E-state index is 12.1. The van der Waals surface area contributed by atoms with Gasteiger partial charge in [0, 0.05) is 31.5 Å². The Morgan fingerprint density at radius 3 is 2.81 bits per heavy atom. The third-order valence-electron chi connectivity index (χ3n) is 3.07. The molecule has 2 rings (SSSR count). The second-order valence-corrected chi connectivity index (χ2v) is 4.85. The van der Waals surface area contributed by atoms with Crippen LogP contribution >= 0.6 is 0 Å². The van der Waals surface area contributed by atoms with Crippen LogP contribution in [0.4, 0.5) is 5.69 Å². The number of nitrogens with two attached hydrogens (primary N) is 1. The van der Waals surface area contributed by atoms with E-state index in [-0.39, 0.29) is 23.8 Å². The second-order valence-electron chi connectivity index (χ2n) is 4.85. The third kappa shape index (κ3) is 3.85. The van der Waals surface area contributed by atoms with Crippen molar-refractivity contribution in [2.75, 3.05) is 12.8 Å². The lowest BCUT2D eigenvalue weighted by Crippen LogP contribution is -2.33. The van der Waals surface area contributed by atoms with Gasteiger partial charge in [-0.1, -0.05) is 12.1 Å². The summed E-state index contributed by atoms with van der Waals surface area (Å²) in [6.07, 6.45) is 1.45. The Morgan fingerprint density at radius 1 is 1.33 bits per heavy atom. The van der Waals surface area contributed by atoms with Crippen LogP contribution in [-0.2, 0) is 17.9 Å². The maximum Gasteiger partial charge on any atom is 0.251 e. The zero-order valence-corrected chi connectivity index (χ0v) is 11.7. The highest BCUT2D eigenvalue weighted by atomic mass is 16.3. The van der Waals surface area contributed by atoms with Crippen molar-refractivity contribution in [2.45, 2.75) is 13.1 Å². The SMILES string of the molecule is CN(Cc1cccc(O)c1)C(=O)Cn1cc(N)ccc1=O. The van der Waals surface area contributed by atoms with Gasteiger partial charge in [0.15, 0.2) is 0 Å². The average molecular weight is 287 g/mol. The number of carbonyl (C=O) groups is 1. The first kappa shape index (κ1) is 14.6. The molecule has 21 heavy (non-hydrogen) atoms. The van der Waals surface area contributed by atoms with Crippen molar-refractivity contribution in [2.24, 2.45) is 0 Å². The molecule has 1 aromatic carbocycles. The van der Waals surface area contributed by atoms with Crippen LogP contribution in [0.3, 0.4) is 0 Å².